The molecule has 0 amide bonds. The molecular weight excluding hydrogens is 1470 g/mol. The number of carbonyl (C=O) groups is 2. The van der Waals surface area contributed by atoms with Crippen molar-refractivity contribution in [2.24, 2.45) is 0 Å². The van der Waals surface area contributed by atoms with E-state index in [1.54, 1.807) is 0 Å². The molecule has 4 saturated heterocycles. The van der Waals surface area contributed by atoms with E-state index < -0.39 is 0 Å². The maximum atomic E-state index is 11.6. The largest absolute Gasteiger partial charge is 0.461 e. The van der Waals surface area contributed by atoms with Gasteiger partial charge in [-0.1, -0.05) is 182 Å². The van der Waals surface area contributed by atoms with Gasteiger partial charge in [0.05, 0.1) is 76.7 Å². The van der Waals surface area contributed by atoms with Crippen LogP contribution in [0.4, 0.5) is 0 Å². The Morgan fingerprint density at radius 2 is 0.889 bits per heavy atom. The number of morpholine rings is 1. The fourth-order valence-electron chi connectivity index (χ4n) is 15.7. The van der Waals surface area contributed by atoms with E-state index in [2.05, 4.69) is 62.1 Å². The normalized spacial score (nSPS) is 26.0. The number of benzene rings is 5. The van der Waals surface area contributed by atoms with Crippen molar-refractivity contribution in [3.63, 3.8) is 0 Å². The number of nitrogens with zero attached hydrogens (tertiary/aromatic N) is 4. The summed E-state index contributed by atoms with van der Waals surface area (Å²) in [6.07, 6.45) is 24.0. The molecule has 0 radical (unpaired) electrons. The van der Waals surface area contributed by atoms with Crippen molar-refractivity contribution in [1.82, 2.24) is 19.6 Å². The molecule has 8 aliphatic rings. The number of ether oxygens (including phenoxy) is 6. The van der Waals surface area contributed by atoms with Crippen molar-refractivity contribution < 1.29 is 43.1 Å². The molecule has 0 spiro atoms. The maximum Gasteiger partial charge on any atom is 0.302 e. The van der Waals surface area contributed by atoms with Crippen LogP contribution in [0.25, 0.3) is 10.8 Å². The monoisotopic (exact) mass is 1570 g/mol. The minimum Gasteiger partial charge on any atom is -0.461 e. The minimum absolute atomic E-state index is 0. The Morgan fingerprint density at radius 3 is 1.37 bits per heavy atom. The van der Waals surface area contributed by atoms with Crippen LogP contribution in [0.3, 0.4) is 0 Å². The molecule has 4 aliphatic heterocycles. The molecule has 23 heteroatoms. The Bertz CT molecular complexity index is 3150. The van der Waals surface area contributed by atoms with Crippen molar-refractivity contribution in [3.05, 3.63) is 149 Å². The second-order valence-electron chi connectivity index (χ2n) is 27.0. The van der Waals surface area contributed by atoms with Gasteiger partial charge in [0.25, 0.3) is 0 Å². The van der Waals surface area contributed by atoms with Crippen LogP contribution in [-0.2, 0) is 64.1 Å². The van der Waals surface area contributed by atoms with Gasteiger partial charge in [-0.15, -0.1) is 49.6 Å². The van der Waals surface area contributed by atoms with E-state index in [0.717, 1.165) is 140 Å². The number of hydrogen-bond acceptors (Lipinski definition) is 13. The molecule has 5 aromatic carbocycles. The van der Waals surface area contributed by atoms with Crippen molar-refractivity contribution in [1.29, 1.82) is 0 Å². The molecule has 0 bridgehead atoms. The number of esters is 1. The molecule has 13 rings (SSSR count). The number of aliphatic hydroxyl groups excluding tert-OH is 1. The van der Waals surface area contributed by atoms with E-state index >= 15 is 0 Å². The van der Waals surface area contributed by atoms with Crippen molar-refractivity contribution in [2.75, 3.05) is 78.8 Å². The number of halogens is 10. The highest BCUT2D eigenvalue weighted by Crippen LogP contribution is 2.36. The molecule has 1 N–H and O–H groups in total. The number of aliphatic hydroxyl groups is 1. The van der Waals surface area contributed by atoms with Crippen LogP contribution in [-0.4, -0.2) is 176 Å². The van der Waals surface area contributed by atoms with Gasteiger partial charge in [0.2, 0.25) is 0 Å². The SMILES string of the molecule is CC(=O)OC1CCN([C@@H]2CCCCC2OCCc2cccc3ccccc23)C1.Cl.Cl.Cl.Cl.Clc1cccc(Cl)c1COC1CCCC[C@H]1N1CCOCC1.O=C1CCN([C@@H]2CCCCC2OCc2c(Cl)cccc2Cl)C1.OC1CCN(C2CCCC[C@@H]2OCCc2c(Cl)cccc2Cl)C1. The predicted octanol–water partition coefficient (Wildman–Crippen LogP) is 18.2. The third-order valence-electron chi connectivity index (χ3n) is 20.7. The lowest BCUT2D eigenvalue weighted by molar-refractivity contribution is -0.145. The molecule has 4 aliphatic carbocycles. The zero-order chi connectivity index (χ0) is 66.5. The van der Waals surface area contributed by atoms with Crippen molar-refractivity contribution >= 4 is 142 Å². The number of likely N-dealkylation sites (tertiary alicyclic amines) is 3. The van der Waals surface area contributed by atoms with Gasteiger partial charge in [0, 0.05) is 125 Å². The number of β-amino-alcohol motifs (C(OH)–C–C–N with tert-alkyl or cyclic N) is 1. The number of Topliss-reactive ketones (excluding diaryl/α,β-unsaturated/α-hetero) is 1. The lowest BCUT2D eigenvalue weighted by atomic mass is 9.91. The first kappa shape index (κ1) is 85.9. The highest BCUT2D eigenvalue weighted by Gasteiger charge is 2.39. The second kappa shape index (κ2) is 44.8. The van der Waals surface area contributed by atoms with Gasteiger partial charge in [-0.25, -0.2) is 0 Å². The topological polar surface area (TPSA) is 123 Å². The summed E-state index contributed by atoms with van der Waals surface area (Å²) in [5, 5.41) is 16.5. The fourth-order valence-corrected chi connectivity index (χ4v) is 17.3. The first-order valence-corrected chi connectivity index (χ1v) is 37.7. The maximum absolute atomic E-state index is 11.6. The Labute approximate surface area is 643 Å². The molecule has 552 valence electrons. The molecule has 6 unspecified atom stereocenters. The fraction of sp³-hybridized carbons (Fsp3) is 0.605. The first-order valence-electron chi connectivity index (χ1n) is 35.4. The minimum atomic E-state index is -0.168. The van der Waals surface area contributed by atoms with Crippen LogP contribution >= 0.6 is 119 Å². The Morgan fingerprint density at radius 1 is 0.465 bits per heavy atom. The van der Waals surface area contributed by atoms with E-state index in [-0.39, 0.29) is 86.1 Å². The highest BCUT2D eigenvalue weighted by molar-refractivity contribution is 6.37. The van der Waals surface area contributed by atoms with Crippen LogP contribution in [0.1, 0.15) is 151 Å². The summed E-state index contributed by atoms with van der Waals surface area (Å²) in [5.41, 5.74) is 4.09. The quantitative estimate of drug-likeness (QED) is 0.0790. The highest BCUT2D eigenvalue weighted by atomic mass is 35.5. The lowest BCUT2D eigenvalue weighted by Gasteiger charge is -2.41. The van der Waals surface area contributed by atoms with E-state index in [1.165, 1.54) is 93.9 Å². The molecule has 8 fully saturated rings. The van der Waals surface area contributed by atoms with E-state index in [1.807, 2.05) is 54.6 Å². The van der Waals surface area contributed by atoms with Gasteiger partial charge in [0.15, 0.2) is 0 Å². The van der Waals surface area contributed by atoms with Crippen LogP contribution < -0.4 is 0 Å². The van der Waals surface area contributed by atoms with Crippen LogP contribution in [0.15, 0.2) is 97.1 Å². The number of fused-ring (bicyclic) bond motifs is 1. The van der Waals surface area contributed by atoms with Gasteiger partial charge in [-0.05, 0) is 135 Å². The van der Waals surface area contributed by atoms with E-state index in [4.69, 9.17) is 98.0 Å². The van der Waals surface area contributed by atoms with Crippen LogP contribution in [0, 0.1) is 0 Å². The Balaban J connectivity index is 0.000000206. The van der Waals surface area contributed by atoms with Crippen molar-refractivity contribution in [3.8, 4) is 0 Å². The standard InChI is InChI=1S/C24H31NO3.C18H25Cl2NO2.C17H23Cl2NO2.C17H21Cl2NO2.4ClH/c1-18(26)28-21-13-15-25(17-21)23-11-4-5-12-24(23)27-16-14-20-9-6-8-19-7-2-3-10-22(19)20;19-15-4-3-5-16(20)14(15)9-11-23-18-7-2-1-6-17(18)21-10-8-13(22)12-21;18-14-4-3-5-15(19)13(14)12-22-17-7-2-1-6-16(17)20-8-10-21-11-9-20;18-14-4-3-5-15(19)13(14)11-22-17-7-2-1-6-16(17)20-9-8-12(21)10-20;;;;/h2-3,6-10,21,23-24H,4-5,11-17H2,1H3;3-5,13,17-18,22H,1-2,6-12H2;3-5,16-17H,1-2,6-12H2;3-5,16-17H,1-2,6-11H2;4*1H/t21?,23-,24?;13?,17?,18-;2*16-,17?;;;;/m1011..../s1. The molecule has 5 aromatic rings. The summed E-state index contributed by atoms with van der Waals surface area (Å²) >= 11 is 37.3. The summed E-state index contributed by atoms with van der Waals surface area (Å²) in [4.78, 5) is 32.5. The van der Waals surface area contributed by atoms with Gasteiger partial charge in [0.1, 0.15) is 11.9 Å². The number of carbonyl (C=O) groups excluding carboxylic acids is 2. The molecule has 13 nitrogen and oxygen atoms in total. The Hall–Kier alpha value is -2.00. The van der Waals surface area contributed by atoms with E-state index in [0.29, 0.717) is 99.0 Å². The predicted molar refractivity (Wildman–Crippen MR) is 413 cm³/mol. The van der Waals surface area contributed by atoms with Gasteiger partial charge >= 0.3 is 5.97 Å². The zero-order valence-electron chi connectivity index (χ0n) is 57.2. The molecule has 4 heterocycles. The van der Waals surface area contributed by atoms with Gasteiger partial charge in [-0.3, -0.25) is 29.2 Å². The number of ketones is 1. The zero-order valence-corrected chi connectivity index (χ0v) is 65.0. The van der Waals surface area contributed by atoms with Gasteiger partial charge in [-0.2, -0.15) is 0 Å². The molecule has 10 atom stereocenters. The van der Waals surface area contributed by atoms with Crippen LogP contribution in [0.2, 0.25) is 30.1 Å². The molecule has 4 saturated carbocycles. The van der Waals surface area contributed by atoms with Crippen molar-refractivity contribution in [2.45, 2.75) is 216 Å². The summed E-state index contributed by atoms with van der Waals surface area (Å²) in [6.45, 7) is 12.6. The first-order chi connectivity index (χ1) is 46.3. The second-order valence-corrected chi connectivity index (χ2v) is 29.5. The molecule has 0 aromatic heterocycles. The number of rotatable bonds is 19. The van der Waals surface area contributed by atoms with Crippen LogP contribution in [0.5, 0.6) is 0 Å². The third kappa shape index (κ3) is 25.6. The lowest BCUT2D eigenvalue weighted by Crippen LogP contribution is -2.51. The van der Waals surface area contributed by atoms with Gasteiger partial charge < -0.3 is 33.5 Å². The summed E-state index contributed by atoms with van der Waals surface area (Å²) < 4.78 is 36.0. The average molecular weight is 1570 g/mol. The summed E-state index contributed by atoms with van der Waals surface area (Å²) in [5.74, 6) is 0.178. The summed E-state index contributed by atoms with van der Waals surface area (Å²) in [7, 11) is 0. The van der Waals surface area contributed by atoms with E-state index in [9.17, 15) is 14.7 Å². The number of hydrogen-bond donors (Lipinski definition) is 1. The third-order valence-corrected chi connectivity index (χ3v) is 22.8. The average Bonchev–Trinajstić information content (AvgIpc) is 1.68. The molecule has 99 heavy (non-hydrogen) atoms. The summed E-state index contributed by atoms with van der Waals surface area (Å²) in [6, 6.07) is 33.6. The molecular formula is C76H104Cl10N4O9. The Kier molecular flexibility index (Phi) is 38.9. The smallest absolute Gasteiger partial charge is 0.302 e.